The van der Waals surface area contributed by atoms with Crippen LogP contribution in [0.4, 0.5) is 15.9 Å². The molecule has 0 atom stereocenters. The van der Waals surface area contributed by atoms with Gasteiger partial charge in [0.2, 0.25) is 0 Å². The van der Waals surface area contributed by atoms with Crippen LogP contribution in [0.3, 0.4) is 0 Å². The summed E-state index contributed by atoms with van der Waals surface area (Å²) in [6.07, 6.45) is 1.27. The highest BCUT2D eigenvalue weighted by atomic mass is 79.9. The Morgan fingerprint density at radius 3 is 2.79 bits per heavy atom. The van der Waals surface area contributed by atoms with Crippen molar-refractivity contribution in [2.45, 2.75) is 0 Å². The van der Waals surface area contributed by atoms with Gasteiger partial charge in [-0.25, -0.2) is 9.37 Å². The number of nitrogen functional groups attached to an aromatic ring is 1. The van der Waals surface area contributed by atoms with Gasteiger partial charge in [0.05, 0.1) is 16.3 Å². The quantitative estimate of drug-likeness (QED) is 0.876. The lowest BCUT2D eigenvalue weighted by atomic mass is 10.2. The molecular formula is C12H8BrClFN3O. The topological polar surface area (TPSA) is 68.0 Å². The van der Waals surface area contributed by atoms with Gasteiger partial charge >= 0.3 is 0 Å². The van der Waals surface area contributed by atoms with Gasteiger partial charge in [-0.3, -0.25) is 4.79 Å². The van der Waals surface area contributed by atoms with E-state index in [1.54, 1.807) is 6.07 Å². The van der Waals surface area contributed by atoms with Crippen LogP contribution in [-0.2, 0) is 0 Å². The van der Waals surface area contributed by atoms with E-state index in [0.717, 1.165) is 0 Å². The summed E-state index contributed by atoms with van der Waals surface area (Å²) in [6.45, 7) is 0. The molecule has 0 aliphatic rings. The van der Waals surface area contributed by atoms with Crippen molar-refractivity contribution in [3.8, 4) is 0 Å². The number of rotatable bonds is 2. The first-order chi connectivity index (χ1) is 8.97. The van der Waals surface area contributed by atoms with Gasteiger partial charge in [-0.1, -0.05) is 27.5 Å². The third kappa shape index (κ3) is 3.21. The monoisotopic (exact) mass is 343 g/mol. The number of pyridine rings is 1. The van der Waals surface area contributed by atoms with Crippen molar-refractivity contribution in [1.82, 2.24) is 4.98 Å². The van der Waals surface area contributed by atoms with Crippen LogP contribution >= 0.6 is 27.5 Å². The molecule has 0 saturated heterocycles. The van der Waals surface area contributed by atoms with E-state index in [9.17, 15) is 9.18 Å². The van der Waals surface area contributed by atoms with Crippen LogP contribution in [0.5, 0.6) is 0 Å². The molecule has 0 bridgehead atoms. The number of nitrogens with one attached hydrogen (secondary N) is 1. The lowest BCUT2D eigenvalue weighted by Crippen LogP contribution is -2.13. The van der Waals surface area contributed by atoms with Crippen molar-refractivity contribution >= 4 is 44.9 Å². The van der Waals surface area contributed by atoms with Crippen LogP contribution in [0.15, 0.2) is 34.9 Å². The number of anilines is 2. The van der Waals surface area contributed by atoms with E-state index in [1.807, 2.05) is 0 Å². The average molecular weight is 345 g/mol. The van der Waals surface area contributed by atoms with Gasteiger partial charge in [-0.05, 0) is 24.3 Å². The van der Waals surface area contributed by atoms with E-state index in [2.05, 4.69) is 26.2 Å². The summed E-state index contributed by atoms with van der Waals surface area (Å²) in [5.41, 5.74) is 5.71. The summed E-state index contributed by atoms with van der Waals surface area (Å²) in [6, 6.07) is 5.69. The summed E-state index contributed by atoms with van der Waals surface area (Å²) in [5, 5.41) is 2.60. The second-order valence-corrected chi connectivity index (χ2v) is 4.99. The molecule has 0 saturated carbocycles. The maximum absolute atomic E-state index is 13.6. The van der Waals surface area contributed by atoms with Crippen molar-refractivity contribution in [2.75, 3.05) is 11.1 Å². The maximum Gasteiger partial charge on any atom is 0.257 e. The summed E-state index contributed by atoms with van der Waals surface area (Å²) < 4.78 is 14.1. The molecule has 98 valence electrons. The minimum atomic E-state index is -0.544. The molecule has 0 unspecified atom stereocenters. The van der Waals surface area contributed by atoms with Crippen LogP contribution in [0, 0.1) is 5.82 Å². The molecule has 1 aromatic carbocycles. The third-order valence-corrected chi connectivity index (χ3v) is 3.11. The number of nitrogens with zero attached hydrogens (tertiary/aromatic N) is 1. The molecule has 19 heavy (non-hydrogen) atoms. The molecule has 0 spiro atoms. The molecular weight excluding hydrogens is 337 g/mol. The van der Waals surface area contributed by atoms with Crippen molar-refractivity contribution < 1.29 is 9.18 Å². The second kappa shape index (κ2) is 5.54. The number of aromatic nitrogens is 1. The molecule has 4 nitrogen and oxygen atoms in total. The number of carbonyl (C=O) groups is 1. The van der Waals surface area contributed by atoms with Gasteiger partial charge in [0.1, 0.15) is 11.6 Å². The van der Waals surface area contributed by atoms with E-state index in [4.69, 9.17) is 17.3 Å². The van der Waals surface area contributed by atoms with Crippen molar-refractivity contribution in [3.63, 3.8) is 0 Å². The van der Waals surface area contributed by atoms with Crippen LogP contribution in [0.2, 0.25) is 5.02 Å². The van der Waals surface area contributed by atoms with Crippen LogP contribution in [0.25, 0.3) is 0 Å². The highest BCUT2D eigenvalue weighted by Crippen LogP contribution is 2.21. The molecule has 0 radical (unpaired) electrons. The summed E-state index contributed by atoms with van der Waals surface area (Å²) in [4.78, 5) is 15.6. The van der Waals surface area contributed by atoms with E-state index < -0.39 is 11.7 Å². The van der Waals surface area contributed by atoms with Crippen molar-refractivity contribution in [2.24, 2.45) is 0 Å². The zero-order valence-corrected chi connectivity index (χ0v) is 11.8. The van der Waals surface area contributed by atoms with Gasteiger partial charge < -0.3 is 11.1 Å². The normalized spacial score (nSPS) is 10.3. The van der Waals surface area contributed by atoms with E-state index in [0.29, 0.717) is 4.47 Å². The summed E-state index contributed by atoms with van der Waals surface area (Å²) in [7, 11) is 0. The van der Waals surface area contributed by atoms with E-state index in [-0.39, 0.29) is 22.1 Å². The number of nitrogens with two attached hydrogens (primary N) is 1. The maximum atomic E-state index is 13.6. The molecule has 2 aromatic rings. The summed E-state index contributed by atoms with van der Waals surface area (Å²) in [5.74, 6) is -0.930. The molecule has 0 fully saturated rings. The smallest absolute Gasteiger partial charge is 0.257 e. The Kier molecular flexibility index (Phi) is 4.01. The first-order valence-electron chi connectivity index (χ1n) is 5.15. The molecule has 1 aromatic heterocycles. The van der Waals surface area contributed by atoms with Gasteiger partial charge in [0.25, 0.3) is 5.91 Å². The third-order valence-electron chi connectivity index (χ3n) is 2.31. The number of hydrogen-bond acceptors (Lipinski definition) is 3. The van der Waals surface area contributed by atoms with Crippen LogP contribution < -0.4 is 11.1 Å². The minimum Gasteiger partial charge on any atom is -0.382 e. The first kappa shape index (κ1) is 13.8. The van der Waals surface area contributed by atoms with Gasteiger partial charge in [-0.15, -0.1) is 0 Å². The molecule has 0 aliphatic heterocycles. The fraction of sp³-hybridized carbons (Fsp3) is 0. The molecule has 3 N–H and O–H groups in total. The molecule has 2 rings (SSSR count). The average Bonchev–Trinajstić information content (AvgIpc) is 2.36. The van der Waals surface area contributed by atoms with Gasteiger partial charge in [0, 0.05) is 10.7 Å². The predicted octanol–water partition coefficient (Wildman–Crippen LogP) is 3.47. The van der Waals surface area contributed by atoms with E-state index >= 15 is 0 Å². The SMILES string of the molecule is Nc1ncc(C(=O)Nc2ccc(Br)cc2F)cc1Cl. The standard InChI is InChI=1S/C12H8BrClFN3O/c13-7-1-2-10(9(15)4-7)18-12(19)6-3-8(14)11(16)17-5-6/h1-5H,(H2,16,17)(H,18,19). The highest BCUT2D eigenvalue weighted by Gasteiger charge is 2.11. The van der Waals surface area contributed by atoms with Crippen LogP contribution in [0.1, 0.15) is 10.4 Å². The number of amides is 1. The predicted molar refractivity (Wildman–Crippen MR) is 75.7 cm³/mol. The minimum absolute atomic E-state index is 0.0705. The lowest BCUT2D eigenvalue weighted by Gasteiger charge is -2.07. The van der Waals surface area contributed by atoms with Crippen molar-refractivity contribution in [3.05, 3.63) is 51.3 Å². The number of hydrogen-bond donors (Lipinski definition) is 2. The number of benzene rings is 1. The molecule has 0 aliphatic carbocycles. The van der Waals surface area contributed by atoms with E-state index in [1.165, 1.54) is 24.4 Å². The summed E-state index contributed by atoms with van der Waals surface area (Å²) >= 11 is 8.90. The lowest BCUT2D eigenvalue weighted by molar-refractivity contribution is 0.102. The number of carbonyl (C=O) groups excluding carboxylic acids is 1. The highest BCUT2D eigenvalue weighted by molar-refractivity contribution is 9.10. The fourth-order valence-corrected chi connectivity index (χ4v) is 1.86. The Bertz CT molecular complexity index is 651. The Morgan fingerprint density at radius 2 is 2.16 bits per heavy atom. The number of halogens is 3. The fourth-order valence-electron chi connectivity index (χ4n) is 1.36. The Hall–Kier alpha value is -1.66. The Balaban J connectivity index is 2.23. The van der Waals surface area contributed by atoms with Crippen LogP contribution in [-0.4, -0.2) is 10.9 Å². The zero-order chi connectivity index (χ0) is 14.0. The largest absolute Gasteiger partial charge is 0.382 e. The molecule has 1 heterocycles. The molecule has 7 heteroatoms. The molecule has 1 amide bonds. The zero-order valence-electron chi connectivity index (χ0n) is 9.45. The second-order valence-electron chi connectivity index (χ2n) is 3.67. The van der Waals surface area contributed by atoms with Crippen molar-refractivity contribution in [1.29, 1.82) is 0 Å². The Morgan fingerprint density at radius 1 is 1.42 bits per heavy atom. The first-order valence-corrected chi connectivity index (χ1v) is 6.32. The Labute approximate surface area is 121 Å². The van der Waals surface area contributed by atoms with Gasteiger partial charge in [0.15, 0.2) is 0 Å². The van der Waals surface area contributed by atoms with Gasteiger partial charge in [-0.2, -0.15) is 0 Å².